The van der Waals surface area contributed by atoms with E-state index in [4.69, 9.17) is 9.84 Å². The van der Waals surface area contributed by atoms with Crippen molar-refractivity contribution in [3.8, 4) is 0 Å². The van der Waals surface area contributed by atoms with E-state index in [9.17, 15) is 4.79 Å². The van der Waals surface area contributed by atoms with Crippen LogP contribution >= 0.6 is 28.6 Å². The standard InChI is InChI=1S/C11H14BrNO3S/c12-8-1-2-9(10(17)7-8)11(15)13-3-5-16-6-4-14/h1-2,7,14,17H,3-6H2,(H,13,15). The first-order valence-corrected chi connectivity index (χ1v) is 6.34. The maximum Gasteiger partial charge on any atom is 0.252 e. The molecular formula is C11H14BrNO3S. The molecule has 0 aliphatic heterocycles. The Bertz CT molecular complexity index is 387. The summed E-state index contributed by atoms with van der Waals surface area (Å²) in [4.78, 5) is 12.3. The van der Waals surface area contributed by atoms with Crippen LogP contribution in [0.25, 0.3) is 0 Å². The number of ether oxygens (including phenoxy) is 1. The van der Waals surface area contributed by atoms with Gasteiger partial charge in [0.2, 0.25) is 0 Å². The molecule has 0 unspecified atom stereocenters. The summed E-state index contributed by atoms with van der Waals surface area (Å²) in [5, 5.41) is 11.2. The molecule has 2 N–H and O–H groups in total. The largest absolute Gasteiger partial charge is 0.394 e. The van der Waals surface area contributed by atoms with E-state index in [0.717, 1.165) is 4.47 Å². The Hall–Kier alpha value is -0.560. The molecule has 1 aromatic rings. The minimum atomic E-state index is -0.185. The molecule has 0 aliphatic rings. The van der Waals surface area contributed by atoms with Crippen LogP contribution in [0.2, 0.25) is 0 Å². The molecule has 1 amide bonds. The van der Waals surface area contributed by atoms with Crippen molar-refractivity contribution in [2.24, 2.45) is 0 Å². The summed E-state index contributed by atoms with van der Waals surface area (Å²) in [5.41, 5.74) is 0.527. The van der Waals surface area contributed by atoms with E-state index < -0.39 is 0 Å². The molecule has 0 atom stereocenters. The van der Waals surface area contributed by atoms with Crippen molar-refractivity contribution in [3.63, 3.8) is 0 Å². The van der Waals surface area contributed by atoms with Crippen LogP contribution in [0.15, 0.2) is 27.6 Å². The third-order valence-corrected chi connectivity index (χ3v) is 2.84. The molecule has 0 radical (unpaired) electrons. The second-order valence-electron chi connectivity index (χ2n) is 3.25. The molecular weight excluding hydrogens is 306 g/mol. The molecule has 1 aromatic carbocycles. The minimum Gasteiger partial charge on any atom is -0.394 e. The quantitative estimate of drug-likeness (QED) is 0.550. The molecule has 0 fully saturated rings. The third-order valence-electron chi connectivity index (χ3n) is 1.97. The summed E-state index contributed by atoms with van der Waals surface area (Å²) in [6.07, 6.45) is 0. The van der Waals surface area contributed by atoms with Crippen LogP contribution in [0.4, 0.5) is 0 Å². The number of thiol groups is 1. The van der Waals surface area contributed by atoms with Gasteiger partial charge in [0.05, 0.1) is 25.4 Å². The molecule has 0 saturated carbocycles. The smallest absolute Gasteiger partial charge is 0.252 e. The van der Waals surface area contributed by atoms with Gasteiger partial charge in [-0.3, -0.25) is 4.79 Å². The average molecular weight is 320 g/mol. The second kappa shape index (κ2) is 7.71. The Balaban J connectivity index is 2.42. The summed E-state index contributed by atoms with van der Waals surface area (Å²) >= 11 is 7.53. The lowest BCUT2D eigenvalue weighted by Crippen LogP contribution is -2.27. The van der Waals surface area contributed by atoms with E-state index in [1.165, 1.54) is 0 Å². The highest BCUT2D eigenvalue weighted by atomic mass is 79.9. The molecule has 17 heavy (non-hydrogen) atoms. The van der Waals surface area contributed by atoms with Gasteiger partial charge in [0.25, 0.3) is 5.91 Å². The molecule has 0 saturated heterocycles. The fourth-order valence-electron chi connectivity index (χ4n) is 1.20. The Morgan fingerprint density at radius 3 is 2.88 bits per heavy atom. The van der Waals surface area contributed by atoms with E-state index in [0.29, 0.717) is 23.6 Å². The van der Waals surface area contributed by atoms with Crippen molar-refractivity contribution >= 4 is 34.5 Å². The predicted molar refractivity (Wildman–Crippen MR) is 71.6 cm³/mol. The van der Waals surface area contributed by atoms with Crippen LogP contribution in [-0.2, 0) is 4.74 Å². The van der Waals surface area contributed by atoms with Gasteiger partial charge in [-0.1, -0.05) is 15.9 Å². The number of rotatable bonds is 6. The minimum absolute atomic E-state index is 0.0125. The van der Waals surface area contributed by atoms with Gasteiger partial charge in [0, 0.05) is 15.9 Å². The molecule has 1 rings (SSSR count). The number of nitrogens with one attached hydrogen (secondary N) is 1. The van der Waals surface area contributed by atoms with Crippen LogP contribution in [0.3, 0.4) is 0 Å². The van der Waals surface area contributed by atoms with Gasteiger partial charge in [-0.15, -0.1) is 12.6 Å². The maximum atomic E-state index is 11.7. The second-order valence-corrected chi connectivity index (χ2v) is 4.65. The number of hydrogen-bond acceptors (Lipinski definition) is 4. The Labute approximate surface area is 114 Å². The maximum absolute atomic E-state index is 11.7. The molecule has 6 heteroatoms. The summed E-state index contributed by atoms with van der Waals surface area (Å²) in [5.74, 6) is -0.185. The van der Waals surface area contributed by atoms with Crippen LogP contribution in [0, 0.1) is 0 Å². The van der Waals surface area contributed by atoms with Gasteiger partial charge in [-0.2, -0.15) is 0 Å². The highest BCUT2D eigenvalue weighted by molar-refractivity contribution is 9.10. The number of benzene rings is 1. The van der Waals surface area contributed by atoms with E-state index in [-0.39, 0.29) is 19.1 Å². The molecule has 0 heterocycles. The number of carbonyl (C=O) groups is 1. The normalized spacial score (nSPS) is 10.3. The van der Waals surface area contributed by atoms with Crippen LogP contribution in [-0.4, -0.2) is 37.4 Å². The lowest BCUT2D eigenvalue weighted by atomic mass is 10.2. The van der Waals surface area contributed by atoms with Crippen molar-refractivity contribution in [2.75, 3.05) is 26.4 Å². The zero-order valence-electron chi connectivity index (χ0n) is 9.15. The van der Waals surface area contributed by atoms with Crippen molar-refractivity contribution in [1.29, 1.82) is 0 Å². The molecule has 0 bridgehead atoms. The number of hydrogen-bond donors (Lipinski definition) is 3. The van der Waals surface area contributed by atoms with Crippen LogP contribution < -0.4 is 5.32 Å². The number of amides is 1. The van der Waals surface area contributed by atoms with Gasteiger partial charge < -0.3 is 15.2 Å². The average Bonchev–Trinajstić information content (AvgIpc) is 2.28. The first-order valence-electron chi connectivity index (χ1n) is 5.10. The van der Waals surface area contributed by atoms with Gasteiger partial charge in [0.1, 0.15) is 0 Å². The summed E-state index contributed by atoms with van der Waals surface area (Å²) in [6.45, 7) is 1.06. The SMILES string of the molecule is O=C(NCCOCCO)c1ccc(Br)cc1S. The fraction of sp³-hybridized carbons (Fsp3) is 0.364. The van der Waals surface area contributed by atoms with Gasteiger partial charge in [-0.25, -0.2) is 0 Å². The fourth-order valence-corrected chi connectivity index (χ4v) is 2.05. The highest BCUT2D eigenvalue weighted by Crippen LogP contribution is 2.19. The van der Waals surface area contributed by atoms with Crippen molar-refractivity contribution in [1.82, 2.24) is 5.32 Å². The van der Waals surface area contributed by atoms with Crippen molar-refractivity contribution in [2.45, 2.75) is 4.90 Å². The monoisotopic (exact) mass is 319 g/mol. The van der Waals surface area contributed by atoms with Gasteiger partial charge >= 0.3 is 0 Å². The summed E-state index contributed by atoms with van der Waals surface area (Å²) < 4.78 is 5.91. The van der Waals surface area contributed by atoms with Gasteiger partial charge in [-0.05, 0) is 18.2 Å². The first kappa shape index (κ1) is 14.5. The summed E-state index contributed by atoms with van der Waals surface area (Å²) in [6, 6.07) is 5.26. The molecule has 0 aliphatic carbocycles. The lowest BCUT2D eigenvalue weighted by Gasteiger charge is -2.07. The number of carbonyl (C=O) groups excluding carboxylic acids is 1. The zero-order chi connectivity index (χ0) is 12.7. The summed E-state index contributed by atoms with van der Waals surface area (Å²) in [7, 11) is 0. The van der Waals surface area contributed by atoms with E-state index in [2.05, 4.69) is 33.9 Å². The van der Waals surface area contributed by atoms with E-state index >= 15 is 0 Å². The lowest BCUT2D eigenvalue weighted by molar-refractivity contribution is 0.0836. The number of aliphatic hydroxyl groups excluding tert-OH is 1. The highest BCUT2D eigenvalue weighted by Gasteiger charge is 2.08. The topological polar surface area (TPSA) is 58.6 Å². The van der Waals surface area contributed by atoms with Crippen molar-refractivity contribution in [3.05, 3.63) is 28.2 Å². The molecule has 4 nitrogen and oxygen atoms in total. The molecule has 0 aromatic heterocycles. The van der Waals surface area contributed by atoms with Gasteiger partial charge in [0.15, 0.2) is 0 Å². The van der Waals surface area contributed by atoms with E-state index in [1.54, 1.807) is 18.2 Å². The Morgan fingerprint density at radius 2 is 2.24 bits per heavy atom. The first-order chi connectivity index (χ1) is 8.15. The van der Waals surface area contributed by atoms with Crippen LogP contribution in [0.5, 0.6) is 0 Å². The Kier molecular flexibility index (Phi) is 6.57. The van der Waals surface area contributed by atoms with Crippen LogP contribution in [0.1, 0.15) is 10.4 Å². The third kappa shape index (κ3) is 5.08. The Morgan fingerprint density at radius 1 is 1.47 bits per heavy atom. The number of halogens is 1. The van der Waals surface area contributed by atoms with Crippen molar-refractivity contribution < 1.29 is 14.6 Å². The zero-order valence-corrected chi connectivity index (χ0v) is 11.6. The van der Waals surface area contributed by atoms with E-state index in [1.807, 2.05) is 0 Å². The number of aliphatic hydroxyl groups is 1. The predicted octanol–water partition coefficient (Wildman–Crippen LogP) is 1.48. The molecule has 94 valence electrons. The molecule has 0 spiro atoms.